The number of hydrogen-bond acceptors (Lipinski definition) is 2. The molecule has 47 heavy (non-hydrogen) atoms. The van der Waals surface area contributed by atoms with Crippen molar-refractivity contribution in [3.05, 3.63) is 157 Å². The highest BCUT2D eigenvalue weighted by molar-refractivity contribution is 6.21. The third kappa shape index (κ3) is 3.63. The second kappa shape index (κ2) is 9.71. The van der Waals surface area contributed by atoms with Gasteiger partial charge in [0, 0.05) is 38.0 Å². The lowest BCUT2D eigenvalue weighted by molar-refractivity contribution is 0.671. The smallest absolute Gasteiger partial charge is 0.160 e. The van der Waals surface area contributed by atoms with Gasteiger partial charge in [-0.15, -0.1) is 0 Å². The van der Waals surface area contributed by atoms with Crippen LogP contribution >= 0.6 is 0 Å². The molecule has 0 bridgehead atoms. The molecule has 0 radical (unpaired) electrons. The van der Waals surface area contributed by atoms with Gasteiger partial charge in [0.1, 0.15) is 11.7 Å². The quantitative estimate of drug-likeness (QED) is 0.203. The third-order valence-electron chi connectivity index (χ3n) is 9.56. The predicted octanol–water partition coefficient (Wildman–Crippen LogP) is 11.3. The number of aromatic nitrogens is 2. The van der Waals surface area contributed by atoms with Gasteiger partial charge < -0.3 is 13.6 Å². The van der Waals surface area contributed by atoms with Gasteiger partial charge in [-0.05, 0) is 65.7 Å². The lowest BCUT2D eigenvalue weighted by Crippen LogP contribution is -1.99. The van der Waals surface area contributed by atoms with Crippen molar-refractivity contribution < 1.29 is 4.42 Å². The third-order valence-corrected chi connectivity index (χ3v) is 9.56. The van der Waals surface area contributed by atoms with E-state index in [2.05, 4.69) is 149 Å². The van der Waals surface area contributed by atoms with Crippen molar-refractivity contribution in [2.45, 2.75) is 0 Å². The second-order valence-electron chi connectivity index (χ2n) is 12.1. The van der Waals surface area contributed by atoms with Gasteiger partial charge in [0.25, 0.3) is 0 Å². The van der Waals surface area contributed by atoms with Crippen LogP contribution in [0, 0.1) is 11.3 Å². The zero-order valence-corrected chi connectivity index (χ0v) is 25.2. The van der Waals surface area contributed by atoms with Crippen molar-refractivity contribution in [3.8, 4) is 28.6 Å². The summed E-state index contributed by atoms with van der Waals surface area (Å²) in [6.45, 7) is 0. The monoisotopic (exact) mass is 599 g/mol. The Labute approximate surface area is 269 Å². The second-order valence-corrected chi connectivity index (χ2v) is 12.1. The fraction of sp³-hybridized carbons (Fsp3) is 0. The summed E-state index contributed by atoms with van der Waals surface area (Å²) in [5.74, 6) is 0. The highest BCUT2D eigenvalue weighted by atomic mass is 16.3. The molecule has 0 fully saturated rings. The summed E-state index contributed by atoms with van der Waals surface area (Å²) in [6, 6.07) is 55.3. The summed E-state index contributed by atoms with van der Waals surface area (Å²) < 4.78 is 11.1. The van der Waals surface area contributed by atoms with Crippen LogP contribution in [0.2, 0.25) is 0 Å². The van der Waals surface area contributed by atoms with Crippen molar-refractivity contribution in [3.63, 3.8) is 0 Å². The van der Waals surface area contributed by atoms with Gasteiger partial charge in [0.05, 0.1) is 33.3 Å². The fourth-order valence-corrected chi connectivity index (χ4v) is 7.50. The Balaban J connectivity index is 1.22. The van der Waals surface area contributed by atoms with Crippen LogP contribution in [0.1, 0.15) is 5.56 Å². The van der Waals surface area contributed by atoms with E-state index in [-0.39, 0.29) is 0 Å². The maximum absolute atomic E-state index is 10.3. The van der Waals surface area contributed by atoms with Gasteiger partial charge in [0.2, 0.25) is 0 Å². The molecule has 0 N–H and O–H groups in total. The number of hydrogen-bond donors (Lipinski definition) is 0. The molecule has 3 heterocycles. The minimum Gasteiger partial charge on any atom is -0.454 e. The average Bonchev–Trinajstić information content (AvgIpc) is 3.79. The number of para-hydroxylation sites is 4. The Morgan fingerprint density at radius 1 is 0.468 bits per heavy atom. The summed E-state index contributed by atoms with van der Waals surface area (Å²) in [6.07, 6.45) is 0. The van der Waals surface area contributed by atoms with E-state index >= 15 is 0 Å². The van der Waals surface area contributed by atoms with Crippen LogP contribution < -0.4 is 0 Å². The molecule has 218 valence electrons. The summed E-state index contributed by atoms with van der Waals surface area (Å²) in [4.78, 5) is 0. The van der Waals surface area contributed by atoms with Crippen molar-refractivity contribution in [2.75, 3.05) is 0 Å². The molecule has 10 aromatic rings. The van der Waals surface area contributed by atoms with Crippen molar-refractivity contribution >= 4 is 65.6 Å². The molecular formula is C43H25N3O. The van der Waals surface area contributed by atoms with E-state index in [0.717, 1.165) is 71.9 Å². The van der Waals surface area contributed by atoms with Crippen LogP contribution in [0.5, 0.6) is 0 Å². The first kappa shape index (κ1) is 25.7. The maximum Gasteiger partial charge on any atom is 0.160 e. The summed E-state index contributed by atoms with van der Waals surface area (Å²) in [7, 11) is 0. The van der Waals surface area contributed by atoms with Crippen molar-refractivity contribution in [1.82, 2.24) is 9.13 Å². The van der Waals surface area contributed by atoms with Crippen LogP contribution in [0.15, 0.2) is 156 Å². The molecule has 0 spiro atoms. The topological polar surface area (TPSA) is 46.8 Å². The molecule has 0 saturated heterocycles. The summed E-state index contributed by atoms with van der Waals surface area (Å²) in [5.41, 5.74) is 10.8. The Kier molecular flexibility index (Phi) is 5.32. The van der Waals surface area contributed by atoms with E-state index in [9.17, 15) is 5.26 Å². The van der Waals surface area contributed by atoms with Gasteiger partial charge in [-0.25, -0.2) is 0 Å². The molecule has 0 aliphatic carbocycles. The minimum absolute atomic E-state index is 0.631. The molecule has 0 atom stereocenters. The summed E-state index contributed by atoms with van der Waals surface area (Å²) >= 11 is 0. The first-order chi connectivity index (χ1) is 23.3. The van der Waals surface area contributed by atoms with Crippen molar-refractivity contribution in [2.24, 2.45) is 0 Å². The van der Waals surface area contributed by atoms with E-state index in [4.69, 9.17) is 4.42 Å². The van der Waals surface area contributed by atoms with Crippen LogP contribution in [0.4, 0.5) is 0 Å². The van der Waals surface area contributed by atoms with Crippen LogP contribution in [-0.2, 0) is 0 Å². The Morgan fingerprint density at radius 2 is 1.06 bits per heavy atom. The van der Waals surface area contributed by atoms with E-state index < -0.39 is 0 Å². The van der Waals surface area contributed by atoms with Gasteiger partial charge >= 0.3 is 0 Å². The van der Waals surface area contributed by atoms with Gasteiger partial charge in [-0.3, -0.25) is 0 Å². The van der Waals surface area contributed by atoms with E-state index in [1.54, 1.807) is 0 Å². The predicted molar refractivity (Wildman–Crippen MR) is 193 cm³/mol. The lowest BCUT2D eigenvalue weighted by atomic mass is 10.0. The van der Waals surface area contributed by atoms with E-state index in [1.807, 2.05) is 18.2 Å². The molecule has 0 aliphatic heterocycles. The lowest BCUT2D eigenvalue weighted by Gasteiger charge is -2.14. The van der Waals surface area contributed by atoms with Gasteiger partial charge in [-0.1, -0.05) is 97.1 Å². The number of furan rings is 1. The number of benzene rings is 7. The molecule has 10 rings (SSSR count). The first-order valence-electron chi connectivity index (χ1n) is 15.8. The standard InChI is InChI=1S/C43H25N3O/c44-26-29-21-20-28(25-40(29)46-38-17-6-1-12-31(38)32-13-2-7-18-39(32)46)27-10-9-11-30(24-27)45-37-16-5-3-14-33(37)35-22-23-36-34-15-4-8-19-41(34)47-43(36)42(35)45/h1-25H. The zero-order valence-electron chi connectivity index (χ0n) is 25.2. The van der Waals surface area contributed by atoms with Crippen molar-refractivity contribution in [1.29, 1.82) is 5.26 Å². The van der Waals surface area contributed by atoms with Gasteiger partial charge in [0.15, 0.2) is 5.58 Å². The largest absolute Gasteiger partial charge is 0.454 e. The SMILES string of the molecule is N#Cc1ccc(-c2cccc(-n3c4ccccc4c4ccc5c6ccccc6oc5c43)c2)cc1-n1c2ccccc2c2ccccc21. The molecule has 0 saturated carbocycles. The van der Waals surface area contributed by atoms with Crippen LogP contribution in [-0.4, -0.2) is 9.13 Å². The number of rotatable bonds is 3. The van der Waals surface area contributed by atoms with Crippen LogP contribution in [0.3, 0.4) is 0 Å². The Hall–Kier alpha value is -6.57. The molecule has 4 heteroatoms. The normalized spacial score (nSPS) is 11.8. The molecule has 0 amide bonds. The minimum atomic E-state index is 0.631. The van der Waals surface area contributed by atoms with Gasteiger partial charge in [-0.2, -0.15) is 5.26 Å². The Bertz CT molecular complexity index is 2880. The first-order valence-corrected chi connectivity index (χ1v) is 15.8. The molecule has 4 nitrogen and oxygen atoms in total. The molecular weight excluding hydrogens is 574 g/mol. The average molecular weight is 600 g/mol. The number of nitrogens with zero attached hydrogens (tertiary/aromatic N) is 3. The molecule has 7 aromatic carbocycles. The zero-order chi connectivity index (χ0) is 31.1. The highest BCUT2D eigenvalue weighted by Gasteiger charge is 2.20. The summed E-state index contributed by atoms with van der Waals surface area (Å²) in [5, 5.41) is 17.2. The van der Waals surface area contributed by atoms with Crippen LogP contribution in [0.25, 0.3) is 88.1 Å². The molecule has 0 aliphatic rings. The maximum atomic E-state index is 10.3. The Morgan fingerprint density at radius 3 is 1.79 bits per heavy atom. The number of nitriles is 1. The fourth-order valence-electron chi connectivity index (χ4n) is 7.50. The highest BCUT2D eigenvalue weighted by Crippen LogP contribution is 2.41. The van der Waals surface area contributed by atoms with E-state index in [0.29, 0.717) is 5.56 Å². The molecule has 3 aromatic heterocycles. The van der Waals surface area contributed by atoms with E-state index in [1.165, 1.54) is 16.2 Å². The number of fused-ring (bicyclic) bond motifs is 10. The molecule has 0 unspecified atom stereocenters.